The summed E-state index contributed by atoms with van der Waals surface area (Å²) in [6, 6.07) is 7.80. The molecule has 0 aliphatic heterocycles. The number of rotatable bonds is 4. The molecule has 0 saturated heterocycles. The van der Waals surface area contributed by atoms with Crippen LogP contribution >= 0.6 is 11.6 Å². The van der Waals surface area contributed by atoms with Crippen molar-refractivity contribution in [3.63, 3.8) is 0 Å². The monoisotopic (exact) mass is 248 g/mol. The first kappa shape index (κ1) is 11.7. The van der Waals surface area contributed by atoms with Gasteiger partial charge in [0.15, 0.2) is 0 Å². The summed E-state index contributed by atoms with van der Waals surface area (Å²) < 4.78 is 0. The molecular weight excluding hydrogens is 236 g/mol. The smallest absolute Gasteiger partial charge is 0.144 e. The van der Waals surface area contributed by atoms with Crippen molar-refractivity contribution in [2.24, 2.45) is 0 Å². The van der Waals surface area contributed by atoms with Gasteiger partial charge in [0, 0.05) is 11.6 Å². The van der Waals surface area contributed by atoms with Crippen molar-refractivity contribution in [2.45, 2.75) is 6.42 Å². The van der Waals surface area contributed by atoms with Gasteiger partial charge in [-0.05, 0) is 24.1 Å². The molecule has 1 aromatic heterocycles. The maximum atomic E-state index is 5.81. The number of nitrogens with one attached hydrogen (secondary N) is 1. The molecule has 0 bridgehead atoms. The highest BCUT2D eigenvalue weighted by Crippen LogP contribution is 2.10. The fourth-order valence-corrected chi connectivity index (χ4v) is 1.54. The lowest BCUT2D eigenvalue weighted by Crippen LogP contribution is -2.06. The number of hydrogen-bond acceptors (Lipinski definition) is 4. The lowest BCUT2D eigenvalue weighted by molar-refractivity contribution is 1.00. The number of benzene rings is 1. The standard InChI is InChI=1S/C12H13ClN4/c13-10-3-1-9(2-4-10)5-6-15-12-8-16-11(14)7-17-12/h1-4,7-8H,5-6H2,(H2,14,16)(H,15,17). The summed E-state index contributed by atoms with van der Waals surface area (Å²) in [7, 11) is 0. The van der Waals surface area contributed by atoms with Crippen molar-refractivity contribution < 1.29 is 0 Å². The van der Waals surface area contributed by atoms with Crippen LogP contribution in [0, 0.1) is 0 Å². The molecule has 17 heavy (non-hydrogen) atoms. The Morgan fingerprint density at radius 3 is 2.53 bits per heavy atom. The van der Waals surface area contributed by atoms with Crippen molar-refractivity contribution in [3.05, 3.63) is 47.2 Å². The van der Waals surface area contributed by atoms with E-state index in [1.165, 1.54) is 11.8 Å². The fraction of sp³-hybridized carbons (Fsp3) is 0.167. The molecule has 5 heteroatoms. The summed E-state index contributed by atoms with van der Waals surface area (Å²) >= 11 is 5.81. The van der Waals surface area contributed by atoms with Crippen LogP contribution in [0.15, 0.2) is 36.7 Å². The van der Waals surface area contributed by atoms with Gasteiger partial charge in [0.2, 0.25) is 0 Å². The second kappa shape index (κ2) is 5.50. The van der Waals surface area contributed by atoms with Gasteiger partial charge in [0.05, 0.1) is 12.4 Å². The maximum Gasteiger partial charge on any atom is 0.144 e. The number of halogens is 1. The van der Waals surface area contributed by atoms with Crippen LogP contribution in [0.25, 0.3) is 0 Å². The Morgan fingerprint density at radius 1 is 1.12 bits per heavy atom. The molecule has 4 nitrogen and oxygen atoms in total. The van der Waals surface area contributed by atoms with Crippen LogP contribution in [0.3, 0.4) is 0 Å². The highest BCUT2D eigenvalue weighted by Gasteiger charge is 1.96. The first-order valence-electron chi connectivity index (χ1n) is 5.30. The second-order valence-corrected chi connectivity index (χ2v) is 4.07. The molecule has 1 heterocycles. The van der Waals surface area contributed by atoms with Crippen LogP contribution in [0.5, 0.6) is 0 Å². The van der Waals surface area contributed by atoms with Crippen LogP contribution < -0.4 is 11.1 Å². The molecule has 1 aromatic carbocycles. The summed E-state index contributed by atoms with van der Waals surface area (Å²) in [5.74, 6) is 1.15. The molecule has 2 aromatic rings. The van der Waals surface area contributed by atoms with E-state index >= 15 is 0 Å². The first-order chi connectivity index (χ1) is 8.24. The molecule has 88 valence electrons. The summed E-state index contributed by atoms with van der Waals surface area (Å²) in [5, 5.41) is 3.93. The fourth-order valence-electron chi connectivity index (χ4n) is 1.42. The van der Waals surface area contributed by atoms with Crippen molar-refractivity contribution in [3.8, 4) is 0 Å². The lowest BCUT2D eigenvalue weighted by Gasteiger charge is -2.05. The van der Waals surface area contributed by atoms with Crippen molar-refractivity contribution in [1.29, 1.82) is 0 Å². The van der Waals surface area contributed by atoms with Gasteiger partial charge in [0.1, 0.15) is 11.6 Å². The average Bonchev–Trinajstić information content (AvgIpc) is 2.34. The van der Waals surface area contributed by atoms with E-state index in [-0.39, 0.29) is 0 Å². The van der Waals surface area contributed by atoms with Crippen molar-refractivity contribution in [1.82, 2.24) is 9.97 Å². The van der Waals surface area contributed by atoms with E-state index in [2.05, 4.69) is 15.3 Å². The summed E-state index contributed by atoms with van der Waals surface area (Å²) in [6.45, 7) is 0.792. The first-order valence-corrected chi connectivity index (χ1v) is 5.68. The molecule has 0 fully saturated rings. The van der Waals surface area contributed by atoms with Crippen molar-refractivity contribution >= 4 is 23.2 Å². The van der Waals surface area contributed by atoms with Crippen LogP contribution in [0.2, 0.25) is 5.02 Å². The molecule has 0 aliphatic carbocycles. The van der Waals surface area contributed by atoms with E-state index in [1.807, 2.05) is 24.3 Å². The lowest BCUT2D eigenvalue weighted by atomic mass is 10.1. The number of nitrogen functional groups attached to an aromatic ring is 1. The van der Waals surface area contributed by atoms with Gasteiger partial charge in [-0.1, -0.05) is 23.7 Å². The Labute approximate surface area is 105 Å². The molecule has 0 radical (unpaired) electrons. The molecule has 0 saturated carbocycles. The molecule has 0 atom stereocenters. The largest absolute Gasteiger partial charge is 0.382 e. The zero-order valence-electron chi connectivity index (χ0n) is 9.23. The average molecular weight is 249 g/mol. The number of nitrogens with zero attached hydrogens (tertiary/aromatic N) is 2. The minimum atomic E-state index is 0.424. The highest BCUT2D eigenvalue weighted by atomic mass is 35.5. The minimum absolute atomic E-state index is 0.424. The van der Waals surface area contributed by atoms with E-state index in [9.17, 15) is 0 Å². The molecule has 0 spiro atoms. The number of hydrogen-bond donors (Lipinski definition) is 2. The van der Waals surface area contributed by atoms with Crippen LogP contribution in [0.4, 0.5) is 11.6 Å². The Bertz CT molecular complexity index is 421. The molecule has 0 aliphatic rings. The van der Waals surface area contributed by atoms with E-state index in [0.29, 0.717) is 5.82 Å². The van der Waals surface area contributed by atoms with E-state index in [0.717, 1.165) is 23.8 Å². The summed E-state index contributed by atoms with van der Waals surface area (Å²) in [5.41, 5.74) is 6.67. The third kappa shape index (κ3) is 3.60. The van der Waals surface area contributed by atoms with Gasteiger partial charge in [0.25, 0.3) is 0 Å². The molecule has 3 N–H and O–H groups in total. The Hall–Kier alpha value is -1.81. The van der Waals surface area contributed by atoms with Gasteiger partial charge < -0.3 is 11.1 Å². The molecule has 0 amide bonds. The van der Waals surface area contributed by atoms with E-state index in [1.54, 1.807) is 6.20 Å². The quantitative estimate of drug-likeness (QED) is 0.872. The minimum Gasteiger partial charge on any atom is -0.382 e. The van der Waals surface area contributed by atoms with Gasteiger partial charge >= 0.3 is 0 Å². The van der Waals surface area contributed by atoms with Gasteiger partial charge in [-0.25, -0.2) is 9.97 Å². The number of nitrogens with two attached hydrogens (primary N) is 1. The second-order valence-electron chi connectivity index (χ2n) is 3.63. The number of aromatic nitrogens is 2. The zero-order valence-corrected chi connectivity index (χ0v) is 9.98. The topological polar surface area (TPSA) is 63.8 Å². The number of anilines is 2. The summed E-state index contributed by atoms with van der Waals surface area (Å²) in [6.07, 6.45) is 4.06. The Kier molecular flexibility index (Phi) is 3.77. The van der Waals surface area contributed by atoms with Gasteiger partial charge in [-0.15, -0.1) is 0 Å². The third-order valence-electron chi connectivity index (χ3n) is 2.30. The SMILES string of the molecule is Nc1cnc(NCCc2ccc(Cl)cc2)cn1. The predicted octanol–water partition coefficient (Wildman–Crippen LogP) is 2.37. The predicted molar refractivity (Wildman–Crippen MR) is 70.1 cm³/mol. The van der Waals surface area contributed by atoms with E-state index in [4.69, 9.17) is 17.3 Å². The Balaban J connectivity index is 1.83. The molecule has 0 unspecified atom stereocenters. The Morgan fingerprint density at radius 2 is 1.88 bits per heavy atom. The maximum absolute atomic E-state index is 5.81. The van der Waals surface area contributed by atoms with Crippen LogP contribution in [0.1, 0.15) is 5.56 Å². The summed E-state index contributed by atoms with van der Waals surface area (Å²) in [4.78, 5) is 8.06. The third-order valence-corrected chi connectivity index (χ3v) is 2.56. The van der Waals surface area contributed by atoms with Crippen LogP contribution in [-0.4, -0.2) is 16.5 Å². The normalized spacial score (nSPS) is 10.2. The molecular formula is C12H13ClN4. The zero-order chi connectivity index (χ0) is 12.1. The van der Waals surface area contributed by atoms with Gasteiger partial charge in [-0.3, -0.25) is 0 Å². The van der Waals surface area contributed by atoms with E-state index < -0.39 is 0 Å². The van der Waals surface area contributed by atoms with Crippen molar-refractivity contribution in [2.75, 3.05) is 17.6 Å². The van der Waals surface area contributed by atoms with Crippen LogP contribution in [-0.2, 0) is 6.42 Å². The molecule has 2 rings (SSSR count). The highest BCUT2D eigenvalue weighted by molar-refractivity contribution is 6.30. The van der Waals surface area contributed by atoms with Gasteiger partial charge in [-0.2, -0.15) is 0 Å².